The summed E-state index contributed by atoms with van der Waals surface area (Å²) in [6.07, 6.45) is 6.27. The van der Waals surface area contributed by atoms with Crippen molar-refractivity contribution >= 4 is 19.7 Å². The quantitative estimate of drug-likeness (QED) is 0.291. The van der Waals surface area contributed by atoms with E-state index in [0.717, 1.165) is 11.1 Å². The number of sulfone groups is 2. The van der Waals surface area contributed by atoms with E-state index in [1.165, 1.54) is 12.4 Å². The molecule has 0 aliphatic rings. The zero-order valence-corrected chi connectivity index (χ0v) is 21.3. The summed E-state index contributed by atoms with van der Waals surface area (Å²) in [5, 5.41) is 0. The molecule has 0 saturated carbocycles. The van der Waals surface area contributed by atoms with Crippen LogP contribution < -0.4 is 0 Å². The number of aryl methyl sites for hydroxylation is 2. The zero-order chi connectivity index (χ0) is 25.5. The Kier molecular flexibility index (Phi) is 5.94. The molecule has 5 rings (SSSR count). The lowest BCUT2D eigenvalue weighted by Crippen LogP contribution is -2.02. The molecule has 0 spiro atoms. The first-order valence-electron chi connectivity index (χ1n) is 11.3. The Bertz CT molecular complexity index is 1610. The van der Waals surface area contributed by atoms with Gasteiger partial charge in [0.15, 0.2) is 0 Å². The summed E-state index contributed by atoms with van der Waals surface area (Å²) in [6, 6.07) is 20.7. The molecule has 0 aliphatic heterocycles. The smallest absolute Gasteiger partial charge is 0.208 e. The Morgan fingerprint density at radius 2 is 0.806 bits per heavy atom. The number of H-pyrrole nitrogens is 2. The molecule has 0 fully saturated rings. The number of aromatic amines is 2. The standard InChI is InChI=1S/C28H24N2O4S2/c1-19-3-11-23(12-4-19)35(31,32)27-17-29-15-25(27)21-7-9-22(10-8-21)26-16-30-18-28(26)36(33,34)24-13-5-20(2)6-14-24/h3-18,29-30H,1-2H3. The summed E-state index contributed by atoms with van der Waals surface area (Å²) in [4.78, 5) is 6.65. The molecule has 0 atom stereocenters. The lowest BCUT2D eigenvalue weighted by atomic mass is 10.0. The molecule has 0 bridgehead atoms. The number of hydrogen-bond donors (Lipinski definition) is 2. The highest BCUT2D eigenvalue weighted by Gasteiger charge is 2.25. The van der Waals surface area contributed by atoms with Crippen molar-refractivity contribution in [2.75, 3.05) is 0 Å². The summed E-state index contributed by atoms with van der Waals surface area (Å²) in [6.45, 7) is 3.81. The summed E-state index contributed by atoms with van der Waals surface area (Å²) in [7, 11) is -7.44. The van der Waals surface area contributed by atoms with Crippen molar-refractivity contribution in [2.45, 2.75) is 33.4 Å². The van der Waals surface area contributed by atoms with Crippen LogP contribution >= 0.6 is 0 Å². The van der Waals surface area contributed by atoms with Gasteiger partial charge in [-0.1, -0.05) is 59.7 Å². The Balaban J connectivity index is 1.50. The topological polar surface area (TPSA) is 99.9 Å². The van der Waals surface area contributed by atoms with Gasteiger partial charge in [0.25, 0.3) is 0 Å². The highest BCUT2D eigenvalue weighted by atomic mass is 32.2. The lowest BCUT2D eigenvalue weighted by molar-refractivity contribution is 0.594. The van der Waals surface area contributed by atoms with E-state index in [0.29, 0.717) is 22.3 Å². The van der Waals surface area contributed by atoms with Crippen LogP contribution in [0.2, 0.25) is 0 Å². The Hall–Kier alpha value is -3.88. The van der Waals surface area contributed by atoms with Gasteiger partial charge in [0.1, 0.15) is 0 Å². The molecule has 2 N–H and O–H groups in total. The number of hydrogen-bond acceptors (Lipinski definition) is 4. The minimum atomic E-state index is -3.72. The molecule has 2 heterocycles. The molecule has 3 aromatic carbocycles. The minimum absolute atomic E-state index is 0.184. The second-order valence-corrected chi connectivity index (χ2v) is 12.5. The molecule has 0 aliphatic carbocycles. The number of benzene rings is 3. The van der Waals surface area contributed by atoms with Gasteiger partial charge in [-0.3, -0.25) is 0 Å². The van der Waals surface area contributed by atoms with E-state index in [9.17, 15) is 16.8 Å². The van der Waals surface area contributed by atoms with Crippen LogP contribution in [0.1, 0.15) is 11.1 Å². The maximum atomic E-state index is 13.3. The monoisotopic (exact) mass is 516 g/mol. The van der Waals surface area contributed by atoms with Gasteiger partial charge in [0.05, 0.1) is 19.6 Å². The fraction of sp³-hybridized carbons (Fsp3) is 0.0714. The van der Waals surface area contributed by atoms with E-state index >= 15 is 0 Å². The Morgan fingerprint density at radius 1 is 0.472 bits per heavy atom. The summed E-state index contributed by atoms with van der Waals surface area (Å²) in [5.41, 5.74) is 4.44. The molecule has 0 saturated heterocycles. The molecule has 0 amide bonds. The van der Waals surface area contributed by atoms with Crippen LogP contribution in [-0.2, 0) is 19.7 Å². The first-order valence-corrected chi connectivity index (χ1v) is 14.2. The van der Waals surface area contributed by atoms with Crippen molar-refractivity contribution in [1.82, 2.24) is 9.97 Å². The average Bonchev–Trinajstić information content (AvgIpc) is 3.56. The fourth-order valence-electron chi connectivity index (χ4n) is 4.11. The highest BCUT2D eigenvalue weighted by Crippen LogP contribution is 2.35. The van der Waals surface area contributed by atoms with Gasteiger partial charge in [0.2, 0.25) is 19.7 Å². The fourth-order valence-corrected chi connectivity index (χ4v) is 6.99. The van der Waals surface area contributed by atoms with E-state index in [2.05, 4.69) is 9.97 Å². The molecule has 182 valence electrons. The molecule has 6 nitrogen and oxygen atoms in total. The highest BCUT2D eigenvalue weighted by molar-refractivity contribution is 7.92. The van der Waals surface area contributed by atoms with Gasteiger partial charge in [-0.25, -0.2) is 16.8 Å². The predicted molar refractivity (Wildman–Crippen MR) is 139 cm³/mol. The van der Waals surface area contributed by atoms with Gasteiger partial charge in [0, 0.05) is 35.9 Å². The summed E-state index contributed by atoms with van der Waals surface area (Å²) < 4.78 is 53.1. The zero-order valence-electron chi connectivity index (χ0n) is 19.7. The van der Waals surface area contributed by atoms with Crippen LogP contribution in [-0.4, -0.2) is 26.8 Å². The van der Waals surface area contributed by atoms with Crippen LogP contribution in [0.3, 0.4) is 0 Å². The molecule has 2 aromatic heterocycles. The van der Waals surface area contributed by atoms with Gasteiger partial charge in [-0.05, 0) is 49.2 Å². The normalized spacial score (nSPS) is 12.1. The largest absolute Gasteiger partial charge is 0.366 e. The van der Waals surface area contributed by atoms with E-state index in [-0.39, 0.29) is 19.6 Å². The summed E-state index contributed by atoms with van der Waals surface area (Å²) >= 11 is 0. The van der Waals surface area contributed by atoms with Crippen LogP contribution in [0, 0.1) is 13.8 Å². The number of aromatic nitrogens is 2. The Morgan fingerprint density at radius 3 is 1.14 bits per heavy atom. The van der Waals surface area contributed by atoms with Crippen LogP contribution in [0.25, 0.3) is 22.3 Å². The second kappa shape index (κ2) is 8.96. The van der Waals surface area contributed by atoms with Crippen LogP contribution in [0.4, 0.5) is 0 Å². The first-order chi connectivity index (χ1) is 17.2. The molecular weight excluding hydrogens is 492 g/mol. The van der Waals surface area contributed by atoms with E-state index in [1.807, 2.05) is 13.8 Å². The third-order valence-electron chi connectivity index (χ3n) is 6.16. The number of rotatable bonds is 6. The van der Waals surface area contributed by atoms with Crippen molar-refractivity contribution in [1.29, 1.82) is 0 Å². The molecule has 0 radical (unpaired) electrons. The van der Waals surface area contributed by atoms with Crippen LogP contribution in [0.15, 0.2) is 117 Å². The second-order valence-electron chi connectivity index (χ2n) is 8.68. The van der Waals surface area contributed by atoms with E-state index in [4.69, 9.17) is 0 Å². The third kappa shape index (κ3) is 4.19. The predicted octanol–water partition coefficient (Wildman–Crippen LogP) is 5.96. The van der Waals surface area contributed by atoms with Crippen molar-refractivity contribution in [2.24, 2.45) is 0 Å². The molecule has 0 unspecified atom stereocenters. The van der Waals surface area contributed by atoms with Crippen molar-refractivity contribution in [3.05, 3.63) is 109 Å². The van der Waals surface area contributed by atoms with Crippen molar-refractivity contribution in [3.63, 3.8) is 0 Å². The van der Waals surface area contributed by atoms with Gasteiger partial charge < -0.3 is 9.97 Å². The third-order valence-corrected chi connectivity index (χ3v) is 9.78. The molecule has 5 aromatic rings. The van der Waals surface area contributed by atoms with E-state index < -0.39 is 19.7 Å². The average molecular weight is 517 g/mol. The van der Waals surface area contributed by atoms with Crippen molar-refractivity contribution in [3.8, 4) is 22.3 Å². The van der Waals surface area contributed by atoms with Crippen LogP contribution in [0.5, 0.6) is 0 Å². The lowest BCUT2D eigenvalue weighted by Gasteiger charge is -2.09. The molecular formula is C28H24N2O4S2. The van der Waals surface area contributed by atoms with Gasteiger partial charge in [-0.2, -0.15) is 0 Å². The SMILES string of the molecule is Cc1ccc(S(=O)(=O)c2c[nH]cc2-c2ccc(-c3c[nH]cc3S(=O)(=O)c3ccc(C)cc3)cc2)cc1. The first kappa shape index (κ1) is 23.8. The molecule has 36 heavy (non-hydrogen) atoms. The maximum absolute atomic E-state index is 13.3. The Labute approximate surface area is 210 Å². The van der Waals surface area contributed by atoms with Crippen molar-refractivity contribution < 1.29 is 16.8 Å². The minimum Gasteiger partial charge on any atom is -0.366 e. The number of nitrogens with one attached hydrogen (secondary N) is 2. The molecule has 8 heteroatoms. The van der Waals surface area contributed by atoms with E-state index in [1.54, 1.807) is 85.2 Å². The van der Waals surface area contributed by atoms with Gasteiger partial charge in [-0.15, -0.1) is 0 Å². The summed E-state index contributed by atoms with van der Waals surface area (Å²) in [5.74, 6) is 0. The maximum Gasteiger partial charge on any atom is 0.208 e. The van der Waals surface area contributed by atoms with Gasteiger partial charge >= 0.3 is 0 Å².